The molecule has 4 N–H and O–H groups in total. The minimum Gasteiger partial charge on any atom is -0.480 e. The summed E-state index contributed by atoms with van der Waals surface area (Å²) < 4.78 is 0. The Labute approximate surface area is 116 Å². The number of nitrogens with one attached hydrogen (secondary N) is 1. The maximum absolute atomic E-state index is 11.3. The van der Waals surface area contributed by atoms with Crippen LogP contribution in [0.15, 0.2) is 0 Å². The molecule has 0 aromatic heterocycles. The smallest absolute Gasteiger partial charge is 0.320 e. The number of hydrogen-bond acceptors (Lipinski definition) is 4. The van der Waals surface area contributed by atoms with Gasteiger partial charge in [-0.2, -0.15) is 0 Å². The van der Waals surface area contributed by atoms with Crippen LogP contribution in [0.5, 0.6) is 0 Å². The van der Waals surface area contributed by atoms with Crippen LogP contribution in [0, 0.1) is 0 Å². The lowest BCUT2D eigenvalue weighted by atomic mass is 10.1. The van der Waals surface area contributed by atoms with E-state index in [1.165, 1.54) is 0 Å². The number of carboxylic acids is 1. The molecule has 114 valence electrons. The summed E-state index contributed by atoms with van der Waals surface area (Å²) in [7, 11) is 1.84. The van der Waals surface area contributed by atoms with Crippen molar-refractivity contribution in [1.29, 1.82) is 0 Å². The van der Waals surface area contributed by atoms with Crippen LogP contribution < -0.4 is 11.1 Å². The van der Waals surface area contributed by atoms with Crippen molar-refractivity contribution in [3.05, 3.63) is 0 Å². The van der Waals surface area contributed by atoms with Crippen LogP contribution in [0.25, 0.3) is 0 Å². The standard InChI is InChI=1S/C11H23N3O3.C2H6/c1-9(15)14(8-6-13-2)7-4-3-5-10(12)11(16)17;1-2/h10,13H,3-8,12H2,1-2H3,(H,16,17);1-2H3. The molecule has 1 unspecified atom stereocenters. The van der Waals surface area contributed by atoms with Gasteiger partial charge < -0.3 is 21.1 Å². The number of likely N-dealkylation sites (N-methyl/N-ethyl adjacent to an activating group) is 1. The lowest BCUT2D eigenvalue weighted by Crippen LogP contribution is -2.35. The van der Waals surface area contributed by atoms with Gasteiger partial charge >= 0.3 is 5.97 Å². The molecule has 0 saturated heterocycles. The second kappa shape index (κ2) is 13.3. The van der Waals surface area contributed by atoms with E-state index in [9.17, 15) is 9.59 Å². The molecule has 0 saturated carbocycles. The van der Waals surface area contributed by atoms with E-state index in [1.54, 1.807) is 11.8 Å². The average Bonchev–Trinajstić information content (AvgIpc) is 2.39. The third kappa shape index (κ3) is 11.7. The van der Waals surface area contributed by atoms with Crippen molar-refractivity contribution in [2.45, 2.75) is 46.1 Å². The number of hydrogen-bond donors (Lipinski definition) is 3. The molecule has 0 radical (unpaired) electrons. The van der Waals surface area contributed by atoms with Gasteiger partial charge in [-0.25, -0.2) is 0 Å². The Morgan fingerprint density at radius 1 is 1.26 bits per heavy atom. The number of amides is 1. The van der Waals surface area contributed by atoms with Gasteiger partial charge in [0.05, 0.1) is 0 Å². The zero-order valence-corrected chi connectivity index (χ0v) is 12.6. The largest absolute Gasteiger partial charge is 0.480 e. The maximum Gasteiger partial charge on any atom is 0.320 e. The topological polar surface area (TPSA) is 95.7 Å². The van der Waals surface area contributed by atoms with E-state index >= 15 is 0 Å². The summed E-state index contributed by atoms with van der Waals surface area (Å²) in [5, 5.41) is 11.6. The highest BCUT2D eigenvalue weighted by Gasteiger charge is 2.11. The average molecular weight is 275 g/mol. The van der Waals surface area contributed by atoms with Crippen LogP contribution in [-0.4, -0.2) is 54.6 Å². The number of nitrogens with two attached hydrogens (primary N) is 1. The van der Waals surface area contributed by atoms with E-state index in [0.29, 0.717) is 19.5 Å². The van der Waals surface area contributed by atoms with E-state index in [0.717, 1.165) is 19.4 Å². The second-order valence-corrected chi connectivity index (χ2v) is 4.05. The Balaban J connectivity index is 0. The summed E-state index contributed by atoms with van der Waals surface area (Å²) in [5.74, 6) is -0.925. The minimum atomic E-state index is -0.969. The van der Waals surface area contributed by atoms with E-state index in [-0.39, 0.29) is 5.91 Å². The molecule has 1 amide bonds. The molecule has 0 aromatic rings. The molecule has 0 aliphatic carbocycles. The van der Waals surface area contributed by atoms with Gasteiger partial charge in [0.25, 0.3) is 0 Å². The summed E-state index contributed by atoms with van der Waals surface area (Å²) >= 11 is 0. The fourth-order valence-corrected chi connectivity index (χ4v) is 1.46. The molecule has 0 aliphatic rings. The predicted molar refractivity (Wildman–Crippen MR) is 77.0 cm³/mol. The lowest BCUT2D eigenvalue weighted by Gasteiger charge is -2.20. The van der Waals surface area contributed by atoms with Crippen molar-refractivity contribution in [2.75, 3.05) is 26.7 Å². The Hall–Kier alpha value is -1.14. The molecule has 0 fully saturated rings. The van der Waals surface area contributed by atoms with Crippen molar-refractivity contribution >= 4 is 11.9 Å². The van der Waals surface area contributed by atoms with Gasteiger partial charge in [0, 0.05) is 26.6 Å². The van der Waals surface area contributed by atoms with Crippen molar-refractivity contribution in [3.63, 3.8) is 0 Å². The fourth-order valence-electron chi connectivity index (χ4n) is 1.46. The van der Waals surface area contributed by atoms with Gasteiger partial charge in [-0.1, -0.05) is 13.8 Å². The first-order valence-corrected chi connectivity index (χ1v) is 6.87. The summed E-state index contributed by atoms with van der Waals surface area (Å²) in [4.78, 5) is 23.5. The Morgan fingerprint density at radius 3 is 2.26 bits per heavy atom. The fraction of sp³-hybridized carbons (Fsp3) is 0.846. The van der Waals surface area contributed by atoms with Crippen LogP contribution in [0.2, 0.25) is 0 Å². The summed E-state index contributed by atoms with van der Waals surface area (Å²) in [6.45, 7) is 7.63. The van der Waals surface area contributed by atoms with Gasteiger partial charge in [-0.15, -0.1) is 0 Å². The molecule has 0 bridgehead atoms. The van der Waals surface area contributed by atoms with Crippen LogP contribution in [0.4, 0.5) is 0 Å². The third-order valence-corrected chi connectivity index (χ3v) is 2.59. The van der Waals surface area contributed by atoms with E-state index in [2.05, 4.69) is 5.32 Å². The van der Waals surface area contributed by atoms with E-state index < -0.39 is 12.0 Å². The highest BCUT2D eigenvalue weighted by Crippen LogP contribution is 2.02. The number of rotatable bonds is 9. The first-order valence-electron chi connectivity index (χ1n) is 6.87. The van der Waals surface area contributed by atoms with Crippen molar-refractivity contribution < 1.29 is 14.7 Å². The summed E-state index contributed by atoms with van der Waals surface area (Å²) in [5.41, 5.74) is 5.38. The highest BCUT2D eigenvalue weighted by atomic mass is 16.4. The Kier molecular flexibility index (Phi) is 14.1. The predicted octanol–water partition coefficient (Wildman–Crippen LogP) is 0.663. The van der Waals surface area contributed by atoms with Gasteiger partial charge in [0.1, 0.15) is 6.04 Å². The number of carbonyl (C=O) groups is 2. The van der Waals surface area contributed by atoms with E-state index in [1.807, 2.05) is 20.9 Å². The molecule has 6 nitrogen and oxygen atoms in total. The number of unbranched alkanes of at least 4 members (excludes halogenated alkanes) is 1. The first-order chi connectivity index (χ1) is 8.99. The van der Waals surface area contributed by atoms with Gasteiger partial charge in [-0.3, -0.25) is 9.59 Å². The van der Waals surface area contributed by atoms with Crippen molar-refractivity contribution in [3.8, 4) is 0 Å². The highest BCUT2D eigenvalue weighted by molar-refractivity contribution is 5.73. The molecule has 19 heavy (non-hydrogen) atoms. The normalized spacial score (nSPS) is 11.2. The number of nitrogens with zero attached hydrogens (tertiary/aromatic N) is 1. The molecule has 1 atom stereocenters. The molecule has 0 aromatic carbocycles. The first kappa shape index (κ1) is 20.2. The van der Waals surface area contributed by atoms with Crippen LogP contribution in [0.3, 0.4) is 0 Å². The Bertz CT molecular complexity index is 247. The molecule has 0 aliphatic heterocycles. The summed E-state index contributed by atoms with van der Waals surface area (Å²) in [6.07, 6.45) is 1.95. The summed E-state index contributed by atoms with van der Waals surface area (Å²) in [6, 6.07) is -0.793. The molecular formula is C13H29N3O3. The van der Waals surface area contributed by atoms with Gasteiger partial charge in [-0.05, 0) is 26.3 Å². The maximum atomic E-state index is 11.3. The third-order valence-electron chi connectivity index (χ3n) is 2.59. The SMILES string of the molecule is CC.CNCCN(CCCCC(N)C(=O)O)C(C)=O. The number of carboxylic acid groups (broad SMARTS) is 1. The lowest BCUT2D eigenvalue weighted by molar-refractivity contribution is -0.138. The monoisotopic (exact) mass is 275 g/mol. The van der Waals surface area contributed by atoms with E-state index in [4.69, 9.17) is 10.8 Å². The molecular weight excluding hydrogens is 246 g/mol. The number of carbonyl (C=O) groups excluding carboxylic acids is 1. The van der Waals surface area contributed by atoms with Crippen molar-refractivity contribution in [1.82, 2.24) is 10.2 Å². The quantitative estimate of drug-likeness (QED) is 0.537. The number of aliphatic carboxylic acids is 1. The van der Waals surface area contributed by atoms with Crippen LogP contribution in [0.1, 0.15) is 40.0 Å². The minimum absolute atomic E-state index is 0.0442. The molecule has 0 rings (SSSR count). The van der Waals surface area contributed by atoms with Crippen LogP contribution >= 0.6 is 0 Å². The zero-order valence-electron chi connectivity index (χ0n) is 12.6. The second-order valence-electron chi connectivity index (χ2n) is 4.05. The van der Waals surface area contributed by atoms with Crippen molar-refractivity contribution in [2.24, 2.45) is 5.73 Å². The van der Waals surface area contributed by atoms with Gasteiger partial charge in [0.15, 0.2) is 0 Å². The van der Waals surface area contributed by atoms with Gasteiger partial charge in [0.2, 0.25) is 5.91 Å². The molecule has 0 spiro atoms. The van der Waals surface area contributed by atoms with Crippen LogP contribution in [-0.2, 0) is 9.59 Å². The molecule has 0 heterocycles. The molecule has 6 heteroatoms. The zero-order chi connectivity index (χ0) is 15.3. The Morgan fingerprint density at radius 2 is 1.84 bits per heavy atom.